The normalized spacial score (nSPS) is 24.8. The summed E-state index contributed by atoms with van der Waals surface area (Å²) in [5, 5.41) is 0. The van der Waals surface area contributed by atoms with Crippen LogP contribution >= 0.6 is 12.2 Å². The van der Waals surface area contributed by atoms with Crippen molar-refractivity contribution >= 4 is 23.1 Å². The number of carbonyl (C=O) groups excluding carboxylic acids is 1. The van der Waals surface area contributed by atoms with Crippen LogP contribution in [-0.4, -0.2) is 52.4 Å². The third-order valence-electron chi connectivity index (χ3n) is 3.93. The van der Waals surface area contributed by atoms with Gasteiger partial charge in [0.05, 0.1) is 17.6 Å². The van der Waals surface area contributed by atoms with Gasteiger partial charge in [-0.05, 0) is 39.2 Å². The van der Waals surface area contributed by atoms with Crippen molar-refractivity contribution < 1.29 is 4.79 Å². The second kappa shape index (κ2) is 5.97. The van der Waals surface area contributed by atoms with Crippen LogP contribution < -0.4 is 5.73 Å². The lowest BCUT2D eigenvalue weighted by atomic mass is 10.0. The molecule has 2 rings (SSSR count). The van der Waals surface area contributed by atoms with E-state index in [0.29, 0.717) is 17.6 Å². The van der Waals surface area contributed by atoms with Gasteiger partial charge in [-0.25, -0.2) is 0 Å². The predicted octanol–water partition coefficient (Wildman–Crippen LogP) is 1.14. The molecule has 5 heteroatoms. The van der Waals surface area contributed by atoms with Gasteiger partial charge >= 0.3 is 0 Å². The van der Waals surface area contributed by atoms with Gasteiger partial charge in [0, 0.05) is 12.6 Å². The number of piperidine rings is 1. The lowest BCUT2D eigenvalue weighted by Crippen LogP contribution is -2.51. The van der Waals surface area contributed by atoms with Gasteiger partial charge in [0.15, 0.2) is 0 Å². The first-order valence-electron chi connectivity index (χ1n) is 6.96. The summed E-state index contributed by atoms with van der Waals surface area (Å²) in [6, 6.07) is 0.617. The molecule has 0 aromatic heterocycles. The number of thiocarbonyl (C=S) groups is 1. The van der Waals surface area contributed by atoms with Crippen molar-refractivity contribution in [1.82, 2.24) is 9.80 Å². The minimum Gasteiger partial charge on any atom is -0.392 e. The van der Waals surface area contributed by atoms with Crippen LogP contribution in [0.1, 0.15) is 39.0 Å². The molecular formula is C13H23N3OS. The van der Waals surface area contributed by atoms with Crippen molar-refractivity contribution in [1.29, 1.82) is 0 Å². The maximum absolute atomic E-state index is 12.3. The van der Waals surface area contributed by atoms with E-state index in [2.05, 4.69) is 11.8 Å². The average Bonchev–Trinajstić information content (AvgIpc) is 3.15. The summed E-state index contributed by atoms with van der Waals surface area (Å²) in [4.78, 5) is 17.0. The summed E-state index contributed by atoms with van der Waals surface area (Å²) in [5.41, 5.74) is 5.78. The van der Waals surface area contributed by atoms with Gasteiger partial charge in [0.25, 0.3) is 0 Å². The molecule has 2 N–H and O–H groups in total. The average molecular weight is 269 g/mol. The summed E-state index contributed by atoms with van der Waals surface area (Å²) in [6.07, 6.45) is 5.63. The van der Waals surface area contributed by atoms with Crippen molar-refractivity contribution in [3.8, 4) is 0 Å². The number of amides is 1. The number of hydrogen-bond acceptors (Lipinski definition) is 3. The SMILES string of the molecule is CCN(C(=O)CN1CCCCC1C(N)=S)C1CC1. The van der Waals surface area contributed by atoms with E-state index in [-0.39, 0.29) is 11.9 Å². The Hall–Kier alpha value is -0.680. The van der Waals surface area contributed by atoms with Crippen LogP contribution in [0.3, 0.4) is 0 Å². The van der Waals surface area contributed by atoms with Crippen LogP contribution in [0, 0.1) is 0 Å². The van der Waals surface area contributed by atoms with Gasteiger partial charge < -0.3 is 10.6 Å². The van der Waals surface area contributed by atoms with Crippen molar-refractivity contribution in [3.63, 3.8) is 0 Å². The Kier molecular flexibility index (Phi) is 4.56. The van der Waals surface area contributed by atoms with E-state index in [1.165, 1.54) is 0 Å². The summed E-state index contributed by atoms with van der Waals surface area (Å²) < 4.78 is 0. The highest BCUT2D eigenvalue weighted by Crippen LogP contribution is 2.27. The van der Waals surface area contributed by atoms with Crippen molar-refractivity contribution in [2.75, 3.05) is 19.6 Å². The highest BCUT2D eigenvalue weighted by Gasteiger charge is 2.33. The first-order valence-corrected chi connectivity index (χ1v) is 7.37. The monoisotopic (exact) mass is 269 g/mol. The summed E-state index contributed by atoms with van der Waals surface area (Å²) in [5.74, 6) is 0.239. The first-order chi connectivity index (χ1) is 8.63. The van der Waals surface area contributed by atoms with Gasteiger partial charge in [0.1, 0.15) is 0 Å². The van der Waals surface area contributed by atoms with Gasteiger partial charge in [-0.2, -0.15) is 0 Å². The van der Waals surface area contributed by atoms with Crippen LogP contribution in [0.5, 0.6) is 0 Å². The van der Waals surface area contributed by atoms with E-state index in [1.54, 1.807) is 0 Å². The van der Waals surface area contributed by atoms with E-state index in [0.717, 1.165) is 45.2 Å². The Bertz CT molecular complexity index is 330. The van der Waals surface area contributed by atoms with Crippen LogP contribution in [0.4, 0.5) is 0 Å². The Labute approximate surface area is 114 Å². The van der Waals surface area contributed by atoms with E-state index in [4.69, 9.17) is 18.0 Å². The Morgan fingerprint density at radius 2 is 2.11 bits per heavy atom. The minimum absolute atomic E-state index is 0.121. The molecule has 1 saturated heterocycles. The standard InChI is InChI=1S/C13H23N3OS/c1-2-16(10-6-7-10)12(17)9-15-8-4-3-5-11(15)13(14)18/h10-11H,2-9H2,1H3,(H2,14,18). The van der Waals surface area contributed by atoms with E-state index in [1.807, 2.05) is 4.90 Å². The number of hydrogen-bond donors (Lipinski definition) is 1. The Morgan fingerprint density at radius 1 is 1.39 bits per heavy atom. The zero-order chi connectivity index (χ0) is 13.1. The molecule has 4 nitrogen and oxygen atoms in total. The predicted molar refractivity (Wildman–Crippen MR) is 76.4 cm³/mol. The number of nitrogens with two attached hydrogens (primary N) is 1. The molecule has 1 unspecified atom stereocenters. The summed E-state index contributed by atoms with van der Waals surface area (Å²) in [7, 11) is 0. The molecule has 1 aliphatic carbocycles. The van der Waals surface area contributed by atoms with Crippen LogP contribution in [-0.2, 0) is 4.79 Å². The number of rotatable bonds is 5. The molecule has 2 aliphatic rings. The fourth-order valence-electron chi connectivity index (χ4n) is 2.79. The lowest BCUT2D eigenvalue weighted by molar-refractivity contribution is -0.133. The number of likely N-dealkylation sites (N-methyl/N-ethyl adjacent to an activating group) is 1. The third kappa shape index (κ3) is 3.20. The van der Waals surface area contributed by atoms with E-state index in [9.17, 15) is 4.79 Å². The van der Waals surface area contributed by atoms with Crippen molar-refractivity contribution in [3.05, 3.63) is 0 Å². The third-order valence-corrected chi connectivity index (χ3v) is 4.20. The first kappa shape index (κ1) is 13.7. The van der Waals surface area contributed by atoms with Crippen LogP contribution in [0.15, 0.2) is 0 Å². The highest BCUT2D eigenvalue weighted by molar-refractivity contribution is 7.80. The maximum atomic E-state index is 12.3. The van der Waals surface area contributed by atoms with Gasteiger partial charge in [-0.15, -0.1) is 0 Å². The maximum Gasteiger partial charge on any atom is 0.237 e. The molecule has 0 aromatic rings. The van der Waals surface area contributed by atoms with Gasteiger partial charge in [-0.3, -0.25) is 9.69 Å². The topological polar surface area (TPSA) is 49.6 Å². The molecule has 0 spiro atoms. The largest absolute Gasteiger partial charge is 0.392 e. The molecule has 1 saturated carbocycles. The second-order valence-corrected chi connectivity index (χ2v) is 5.77. The molecule has 1 atom stereocenters. The highest BCUT2D eigenvalue weighted by atomic mass is 32.1. The van der Waals surface area contributed by atoms with E-state index < -0.39 is 0 Å². The van der Waals surface area contributed by atoms with Gasteiger partial charge in [0.2, 0.25) is 5.91 Å². The van der Waals surface area contributed by atoms with Crippen LogP contribution in [0.2, 0.25) is 0 Å². The lowest BCUT2D eigenvalue weighted by Gasteiger charge is -2.35. The second-order valence-electron chi connectivity index (χ2n) is 5.30. The fourth-order valence-corrected chi connectivity index (χ4v) is 3.06. The molecular weight excluding hydrogens is 246 g/mol. The Balaban J connectivity index is 1.93. The Morgan fingerprint density at radius 3 is 2.67 bits per heavy atom. The van der Waals surface area contributed by atoms with Crippen molar-refractivity contribution in [2.24, 2.45) is 5.73 Å². The molecule has 0 aromatic carbocycles. The zero-order valence-corrected chi connectivity index (χ0v) is 11.9. The fraction of sp³-hybridized carbons (Fsp3) is 0.846. The molecule has 102 valence electrons. The quantitative estimate of drug-likeness (QED) is 0.760. The molecule has 1 heterocycles. The number of nitrogens with zero attached hydrogens (tertiary/aromatic N) is 2. The zero-order valence-electron chi connectivity index (χ0n) is 11.1. The molecule has 1 aliphatic heterocycles. The smallest absolute Gasteiger partial charge is 0.237 e. The van der Waals surface area contributed by atoms with E-state index >= 15 is 0 Å². The molecule has 1 amide bonds. The minimum atomic E-state index is 0.121. The summed E-state index contributed by atoms with van der Waals surface area (Å²) in [6.45, 7) is 4.29. The molecule has 2 fully saturated rings. The molecule has 0 bridgehead atoms. The molecule has 18 heavy (non-hydrogen) atoms. The van der Waals surface area contributed by atoms with Gasteiger partial charge in [-0.1, -0.05) is 18.6 Å². The number of carbonyl (C=O) groups is 1. The molecule has 0 radical (unpaired) electrons. The van der Waals surface area contributed by atoms with Crippen molar-refractivity contribution in [2.45, 2.75) is 51.1 Å². The number of likely N-dealkylation sites (tertiary alicyclic amines) is 1. The summed E-state index contributed by atoms with van der Waals surface area (Å²) >= 11 is 5.11. The van der Waals surface area contributed by atoms with Crippen LogP contribution in [0.25, 0.3) is 0 Å².